The summed E-state index contributed by atoms with van der Waals surface area (Å²) in [7, 11) is 3.13. The van der Waals surface area contributed by atoms with E-state index >= 15 is 0 Å². The Hall–Kier alpha value is -3.07. The van der Waals surface area contributed by atoms with E-state index < -0.39 is 0 Å². The first kappa shape index (κ1) is 23.1. The quantitative estimate of drug-likeness (QED) is 0.553. The van der Waals surface area contributed by atoms with Crippen molar-refractivity contribution in [3.63, 3.8) is 0 Å². The smallest absolute Gasteiger partial charge is 0.276 e. The Morgan fingerprint density at radius 1 is 1.18 bits per heavy atom. The molecule has 2 fully saturated rings. The van der Waals surface area contributed by atoms with Crippen molar-refractivity contribution in [3.05, 3.63) is 30.0 Å². The molecule has 1 saturated heterocycles. The maximum absolute atomic E-state index is 13.3. The van der Waals surface area contributed by atoms with E-state index in [4.69, 9.17) is 18.7 Å². The van der Waals surface area contributed by atoms with E-state index in [0.717, 1.165) is 12.8 Å². The van der Waals surface area contributed by atoms with Crippen LogP contribution in [0.25, 0.3) is 11.3 Å². The molecule has 178 valence electrons. The molecular formula is C24H31N3O6. The molecule has 4 rings (SSSR count). The summed E-state index contributed by atoms with van der Waals surface area (Å²) in [6.07, 6.45) is 4.42. The van der Waals surface area contributed by atoms with Gasteiger partial charge in [-0.25, -0.2) is 0 Å². The number of carbonyl (C=O) groups excluding carboxylic acids is 2. The number of ether oxygens (including phenoxy) is 3. The standard InChI is InChI=1S/C24H31N3O6/c1-30-17-7-8-21(31-2)19(12-17)22-13-20(26-33-22)24(29)27(15-18-4-3-11-32-18)10-9-23(28)25-14-16-5-6-16/h7-8,12-13,16,18H,3-6,9-11,14-15H2,1-2H3,(H,25,28)/t18-/m0/s1. The van der Waals surface area contributed by atoms with Crippen LogP contribution in [0.3, 0.4) is 0 Å². The first-order valence-electron chi connectivity index (χ1n) is 11.4. The van der Waals surface area contributed by atoms with Crippen molar-refractivity contribution >= 4 is 11.8 Å². The number of hydrogen-bond donors (Lipinski definition) is 1. The number of carbonyl (C=O) groups is 2. The monoisotopic (exact) mass is 457 g/mol. The van der Waals surface area contributed by atoms with E-state index in [-0.39, 0.29) is 30.0 Å². The van der Waals surface area contributed by atoms with Crippen molar-refractivity contribution < 1.29 is 28.3 Å². The van der Waals surface area contributed by atoms with Gasteiger partial charge in [-0.05, 0) is 49.8 Å². The summed E-state index contributed by atoms with van der Waals surface area (Å²) < 4.78 is 21.9. The van der Waals surface area contributed by atoms with E-state index in [0.29, 0.717) is 55.0 Å². The predicted octanol–water partition coefficient (Wildman–Crippen LogP) is 2.90. The SMILES string of the molecule is COc1ccc(OC)c(-c2cc(C(=O)N(CCC(=O)NCC3CC3)C[C@@H]3CCCO3)no2)c1. The topological polar surface area (TPSA) is 103 Å². The highest BCUT2D eigenvalue weighted by Crippen LogP contribution is 2.34. The molecule has 2 aliphatic rings. The van der Waals surface area contributed by atoms with Crippen LogP contribution < -0.4 is 14.8 Å². The Bertz CT molecular complexity index is 965. The predicted molar refractivity (Wildman–Crippen MR) is 120 cm³/mol. The van der Waals surface area contributed by atoms with Crippen LogP contribution in [0.4, 0.5) is 0 Å². The van der Waals surface area contributed by atoms with Crippen LogP contribution in [0, 0.1) is 5.92 Å². The fourth-order valence-corrected chi connectivity index (χ4v) is 3.89. The molecule has 0 unspecified atom stereocenters. The number of aromatic nitrogens is 1. The zero-order chi connectivity index (χ0) is 23.2. The lowest BCUT2D eigenvalue weighted by Crippen LogP contribution is -2.40. The first-order chi connectivity index (χ1) is 16.1. The summed E-state index contributed by atoms with van der Waals surface area (Å²) in [5, 5.41) is 6.96. The van der Waals surface area contributed by atoms with Crippen LogP contribution in [0.2, 0.25) is 0 Å². The third-order valence-corrected chi connectivity index (χ3v) is 6.03. The molecule has 33 heavy (non-hydrogen) atoms. The first-order valence-corrected chi connectivity index (χ1v) is 11.4. The van der Waals surface area contributed by atoms with Gasteiger partial charge in [0.15, 0.2) is 11.5 Å². The lowest BCUT2D eigenvalue weighted by molar-refractivity contribution is -0.121. The van der Waals surface area contributed by atoms with E-state index in [9.17, 15) is 9.59 Å². The van der Waals surface area contributed by atoms with Gasteiger partial charge in [-0.2, -0.15) is 0 Å². The van der Waals surface area contributed by atoms with E-state index in [1.165, 1.54) is 12.8 Å². The van der Waals surface area contributed by atoms with Gasteiger partial charge in [-0.1, -0.05) is 5.16 Å². The average Bonchev–Trinajstić information content (AvgIpc) is 3.30. The molecule has 1 aromatic carbocycles. The Morgan fingerprint density at radius 2 is 2.03 bits per heavy atom. The molecular weight excluding hydrogens is 426 g/mol. The van der Waals surface area contributed by atoms with Crippen molar-refractivity contribution in [3.8, 4) is 22.8 Å². The number of hydrogen-bond acceptors (Lipinski definition) is 7. The van der Waals surface area contributed by atoms with Gasteiger partial charge in [-0.3, -0.25) is 9.59 Å². The van der Waals surface area contributed by atoms with E-state index in [1.54, 1.807) is 43.4 Å². The molecule has 1 aliphatic heterocycles. The number of rotatable bonds is 11. The van der Waals surface area contributed by atoms with Crippen LogP contribution in [0.15, 0.2) is 28.8 Å². The number of nitrogens with one attached hydrogen (secondary N) is 1. The summed E-state index contributed by atoms with van der Waals surface area (Å²) in [5.41, 5.74) is 0.805. The maximum atomic E-state index is 13.3. The highest BCUT2D eigenvalue weighted by atomic mass is 16.5. The van der Waals surface area contributed by atoms with E-state index in [2.05, 4.69) is 10.5 Å². The minimum Gasteiger partial charge on any atom is -0.497 e. The molecule has 1 aromatic heterocycles. The Kier molecular flexibility index (Phi) is 7.49. The maximum Gasteiger partial charge on any atom is 0.276 e. The van der Waals surface area contributed by atoms with Gasteiger partial charge in [0, 0.05) is 38.7 Å². The Balaban J connectivity index is 1.47. The van der Waals surface area contributed by atoms with Crippen molar-refractivity contribution in [2.45, 2.75) is 38.2 Å². The highest BCUT2D eigenvalue weighted by Gasteiger charge is 2.27. The summed E-state index contributed by atoms with van der Waals surface area (Å²) in [5.74, 6) is 1.88. The third kappa shape index (κ3) is 6.04. The molecule has 9 heteroatoms. The zero-order valence-electron chi connectivity index (χ0n) is 19.2. The minimum atomic E-state index is -0.294. The molecule has 0 bridgehead atoms. The van der Waals surface area contributed by atoms with Gasteiger partial charge >= 0.3 is 0 Å². The molecule has 0 radical (unpaired) electrons. The van der Waals surface area contributed by atoms with E-state index in [1.807, 2.05) is 0 Å². The zero-order valence-corrected chi connectivity index (χ0v) is 19.2. The molecule has 2 aromatic rings. The van der Waals surface area contributed by atoms with Crippen molar-refractivity contribution in [1.29, 1.82) is 0 Å². The van der Waals surface area contributed by atoms with Gasteiger partial charge < -0.3 is 29.0 Å². The summed E-state index contributed by atoms with van der Waals surface area (Å²) >= 11 is 0. The van der Waals surface area contributed by atoms with Gasteiger partial charge in [0.2, 0.25) is 5.91 Å². The molecule has 2 heterocycles. The fraction of sp³-hybridized carbons (Fsp3) is 0.542. The lowest BCUT2D eigenvalue weighted by Gasteiger charge is -2.24. The summed E-state index contributed by atoms with van der Waals surface area (Å²) in [6.45, 7) is 2.12. The van der Waals surface area contributed by atoms with Gasteiger partial charge in [-0.15, -0.1) is 0 Å². The van der Waals surface area contributed by atoms with Gasteiger partial charge in [0.25, 0.3) is 5.91 Å². The second-order valence-electron chi connectivity index (χ2n) is 8.53. The number of methoxy groups -OCH3 is 2. The summed E-state index contributed by atoms with van der Waals surface area (Å²) in [6, 6.07) is 6.90. The number of benzene rings is 1. The van der Waals surface area contributed by atoms with Crippen LogP contribution in [0.5, 0.6) is 11.5 Å². The van der Waals surface area contributed by atoms with Crippen molar-refractivity contribution in [2.75, 3.05) is 40.5 Å². The molecule has 0 spiro atoms. The second kappa shape index (κ2) is 10.7. The molecule has 1 saturated carbocycles. The van der Waals surface area contributed by atoms with Gasteiger partial charge in [0.05, 0.1) is 25.9 Å². The average molecular weight is 458 g/mol. The Morgan fingerprint density at radius 3 is 2.73 bits per heavy atom. The van der Waals surface area contributed by atoms with Gasteiger partial charge in [0.1, 0.15) is 11.5 Å². The molecule has 2 amide bonds. The van der Waals surface area contributed by atoms with Crippen molar-refractivity contribution in [2.24, 2.45) is 5.92 Å². The molecule has 1 aliphatic carbocycles. The minimum absolute atomic E-state index is 0.0340. The van der Waals surface area contributed by atoms with Crippen LogP contribution >= 0.6 is 0 Å². The lowest BCUT2D eigenvalue weighted by atomic mass is 10.1. The Labute approximate surface area is 193 Å². The highest BCUT2D eigenvalue weighted by molar-refractivity contribution is 5.93. The molecule has 1 N–H and O–H groups in total. The fourth-order valence-electron chi connectivity index (χ4n) is 3.89. The molecule has 1 atom stereocenters. The number of nitrogens with zero attached hydrogens (tertiary/aromatic N) is 2. The normalized spacial score (nSPS) is 17.6. The third-order valence-electron chi connectivity index (χ3n) is 6.03. The summed E-state index contributed by atoms with van der Waals surface area (Å²) in [4.78, 5) is 27.2. The molecule has 9 nitrogen and oxygen atoms in total. The van der Waals surface area contributed by atoms with Crippen LogP contribution in [-0.2, 0) is 9.53 Å². The van der Waals surface area contributed by atoms with Crippen LogP contribution in [-0.4, -0.2) is 68.4 Å². The van der Waals surface area contributed by atoms with Crippen LogP contribution in [0.1, 0.15) is 42.6 Å². The second-order valence-corrected chi connectivity index (χ2v) is 8.53. The van der Waals surface area contributed by atoms with Crippen molar-refractivity contribution in [1.82, 2.24) is 15.4 Å². The number of amides is 2. The largest absolute Gasteiger partial charge is 0.497 e.